The Labute approximate surface area is 237 Å². The first-order chi connectivity index (χ1) is 18.5. The van der Waals surface area contributed by atoms with E-state index in [0.717, 1.165) is 11.8 Å². The molecule has 0 bridgehead atoms. The molecule has 222 valence electrons. The molecular formula is C28H42N2O8SSi. The second-order valence-electron chi connectivity index (χ2n) is 12.6. The summed E-state index contributed by atoms with van der Waals surface area (Å²) >= 11 is 0. The highest BCUT2D eigenvalue weighted by atomic mass is 32.2. The van der Waals surface area contributed by atoms with Crippen LogP contribution in [-0.4, -0.2) is 56.0 Å². The van der Waals surface area contributed by atoms with Crippen molar-refractivity contribution < 1.29 is 26.5 Å². The normalized spacial score (nSPS) is 26.6. The number of rotatable bonds is 10. The molecule has 1 saturated carbocycles. The lowest BCUT2D eigenvalue weighted by Gasteiger charge is -2.47. The van der Waals surface area contributed by atoms with E-state index in [1.165, 1.54) is 10.8 Å². The molecule has 40 heavy (non-hydrogen) atoms. The van der Waals surface area contributed by atoms with Gasteiger partial charge in [-0.1, -0.05) is 58.0 Å². The van der Waals surface area contributed by atoms with E-state index < -0.39 is 59.3 Å². The van der Waals surface area contributed by atoms with Crippen molar-refractivity contribution in [3.63, 3.8) is 0 Å². The maximum Gasteiger partial charge on any atom is 0.330 e. The summed E-state index contributed by atoms with van der Waals surface area (Å²) in [4.78, 5) is 27.5. The minimum absolute atomic E-state index is 0.0917. The van der Waals surface area contributed by atoms with E-state index >= 15 is 0 Å². The van der Waals surface area contributed by atoms with Crippen LogP contribution in [0, 0.1) is 6.92 Å². The zero-order valence-corrected chi connectivity index (χ0v) is 26.5. The van der Waals surface area contributed by atoms with E-state index in [-0.39, 0.29) is 17.2 Å². The lowest BCUT2D eigenvalue weighted by molar-refractivity contribution is -0.185. The Hall–Kier alpha value is -2.09. The second-order valence-corrected chi connectivity index (χ2v) is 18.9. The van der Waals surface area contributed by atoms with Crippen LogP contribution in [0.25, 0.3) is 0 Å². The van der Waals surface area contributed by atoms with Gasteiger partial charge in [0.1, 0.15) is 11.7 Å². The molecule has 0 spiro atoms. The molecule has 2 aromatic rings. The fourth-order valence-electron chi connectivity index (χ4n) is 5.38. The van der Waals surface area contributed by atoms with E-state index in [9.17, 15) is 18.0 Å². The number of benzene rings is 1. The zero-order chi connectivity index (χ0) is 29.7. The summed E-state index contributed by atoms with van der Waals surface area (Å²) in [5.74, 6) is 0. The minimum Gasteiger partial charge on any atom is -0.408 e. The van der Waals surface area contributed by atoms with Gasteiger partial charge in [0.15, 0.2) is 20.6 Å². The van der Waals surface area contributed by atoms with Crippen molar-refractivity contribution in [2.24, 2.45) is 0 Å². The van der Waals surface area contributed by atoms with Gasteiger partial charge in [-0.2, -0.15) is 8.42 Å². The Morgan fingerprint density at radius 3 is 2.30 bits per heavy atom. The fraction of sp³-hybridized carbons (Fsp3) is 0.643. The van der Waals surface area contributed by atoms with Gasteiger partial charge in [0.05, 0.1) is 18.5 Å². The predicted molar refractivity (Wildman–Crippen MR) is 154 cm³/mol. The Kier molecular flexibility index (Phi) is 8.20. The van der Waals surface area contributed by atoms with Crippen molar-refractivity contribution in [2.75, 3.05) is 6.26 Å². The summed E-state index contributed by atoms with van der Waals surface area (Å²) in [6.07, 6.45) is 0.804. The van der Waals surface area contributed by atoms with Crippen molar-refractivity contribution in [1.82, 2.24) is 9.55 Å². The molecule has 1 aromatic heterocycles. The molecule has 1 aliphatic carbocycles. The van der Waals surface area contributed by atoms with Crippen LogP contribution in [0.4, 0.5) is 0 Å². The third-order valence-electron chi connectivity index (χ3n) is 8.61. The van der Waals surface area contributed by atoms with Crippen LogP contribution in [0.15, 0.2) is 46.1 Å². The van der Waals surface area contributed by atoms with Crippen molar-refractivity contribution in [3.05, 3.63) is 68.5 Å². The van der Waals surface area contributed by atoms with E-state index in [0.29, 0.717) is 19.3 Å². The molecule has 1 aromatic carbocycles. The van der Waals surface area contributed by atoms with Gasteiger partial charge in [0.25, 0.3) is 15.7 Å². The molecule has 1 aliphatic heterocycles. The van der Waals surface area contributed by atoms with Gasteiger partial charge in [0, 0.05) is 11.8 Å². The SMILES string of the molecule is CC[C@]1(C2(O[Si](C)(C)C(C)(C)C)CC2)O[C@@H](n2cc(C)c(=O)[nH]c2=O)[C@@H](OS(C)(=O)=O)C1OCc1ccccc1. The zero-order valence-electron chi connectivity index (χ0n) is 24.6. The van der Waals surface area contributed by atoms with Crippen LogP contribution in [0.5, 0.6) is 0 Å². The van der Waals surface area contributed by atoms with E-state index in [4.69, 9.17) is 18.1 Å². The molecule has 1 unspecified atom stereocenters. The van der Waals surface area contributed by atoms with Gasteiger partial charge in [0.2, 0.25) is 0 Å². The highest BCUT2D eigenvalue weighted by molar-refractivity contribution is 7.86. The number of H-pyrrole nitrogens is 1. The Morgan fingerprint density at radius 1 is 1.15 bits per heavy atom. The van der Waals surface area contributed by atoms with Crippen LogP contribution in [0.3, 0.4) is 0 Å². The number of ether oxygens (including phenoxy) is 2. The molecule has 1 saturated heterocycles. The fourth-order valence-corrected chi connectivity index (χ4v) is 7.64. The summed E-state index contributed by atoms with van der Waals surface area (Å²) in [7, 11) is -6.35. The van der Waals surface area contributed by atoms with Crippen LogP contribution in [-0.2, 0) is 34.8 Å². The van der Waals surface area contributed by atoms with Crippen molar-refractivity contribution >= 4 is 18.4 Å². The molecular weight excluding hydrogens is 552 g/mol. The van der Waals surface area contributed by atoms with Crippen LogP contribution in [0.2, 0.25) is 18.1 Å². The van der Waals surface area contributed by atoms with E-state index in [2.05, 4.69) is 38.8 Å². The number of hydrogen-bond acceptors (Lipinski definition) is 8. The minimum atomic E-state index is -4.02. The number of aromatic amines is 1. The van der Waals surface area contributed by atoms with Gasteiger partial charge in [-0.15, -0.1) is 0 Å². The van der Waals surface area contributed by atoms with Gasteiger partial charge >= 0.3 is 5.69 Å². The highest BCUT2D eigenvalue weighted by Crippen LogP contribution is 2.61. The summed E-state index contributed by atoms with van der Waals surface area (Å²) in [5.41, 5.74) is -2.00. The summed E-state index contributed by atoms with van der Waals surface area (Å²) in [6, 6.07) is 9.54. The lowest BCUT2D eigenvalue weighted by Crippen LogP contribution is -2.60. The maximum absolute atomic E-state index is 13.1. The molecule has 0 amide bonds. The number of aromatic nitrogens is 2. The quantitative estimate of drug-likeness (QED) is 0.323. The van der Waals surface area contributed by atoms with Crippen LogP contribution >= 0.6 is 0 Å². The molecule has 0 radical (unpaired) electrons. The predicted octanol–water partition coefficient (Wildman–Crippen LogP) is 4.01. The maximum atomic E-state index is 13.1. The average Bonchev–Trinajstić information content (AvgIpc) is 3.55. The first-order valence-electron chi connectivity index (χ1n) is 13.7. The van der Waals surface area contributed by atoms with Crippen molar-refractivity contribution in [3.8, 4) is 0 Å². The first-order valence-corrected chi connectivity index (χ1v) is 18.4. The monoisotopic (exact) mass is 594 g/mol. The van der Waals surface area contributed by atoms with Gasteiger partial charge in [-0.25, -0.2) is 4.79 Å². The average molecular weight is 595 g/mol. The standard InChI is InChI=1S/C28H42N2O8SSi/c1-9-28(27(15-16-27)38-40(7,8)26(3,4)5)22(35-18-20-13-11-10-12-14-20)21(37-39(6,33)34)24(36-28)30-17-19(2)23(31)29-25(30)32/h10-14,17,21-22,24H,9,15-16,18H2,1-8H3,(H,29,31,32)/t21-,22?,24+,28-/m0/s1. The number of aryl methyl sites for hydroxylation is 1. The molecule has 4 rings (SSSR count). The Morgan fingerprint density at radius 2 is 1.77 bits per heavy atom. The molecule has 2 fully saturated rings. The highest BCUT2D eigenvalue weighted by Gasteiger charge is 2.73. The van der Waals surface area contributed by atoms with Crippen LogP contribution in [0.1, 0.15) is 64.3 Å². The number of nitrogens with zero attached hydrogens (tertiary/aromatic N) is 1. The summed E-state index contributed by atoms with van der Waals surface area (Å²) in [6.45, 7) is 14.5. The van der Waals surface area contributed by atoms with Gasteiger partial charge in [-0.3, -0.25) is 18.5 Å². The third-order valence-corrected chi connectivity index (χ3v) is 13.7. The Balaban J connectivity index is 1.89. The topological polar surface area (TPSA) is 126 Å². The number of nitrogens with one attached hydrogen (secondary N) is 1. The largest absolute Gasteiger partial charge is 0.408 e. The van der Waals surface area contributed by atoms with Gasteiger partial charge in [-0.05, 0) is 49.9 Å². The summed E-state index contributed by atoms with van der Waals surface area (Å²) in [5, 5.41) is -0.0917. The lowest BCUT2D eigenvalue weighted by atomic mass is 9.84. The first kappa shape index (κ1) is 30.9. The van der Waals surface area contributed by atoms with Crippen LogP contribution < -0.4 is 11.2 Å². The molecule has 4 atom stereocenters. The molecule has 10 nitrogen and oxygen atoms in total. The van der Waals surface area contributed by atoms with Crippen molar-refractivity contribution in [1.29, 1.82) is 0 Å². The van der Waals surface area contributed by atoms with Gasteiger partial charge < -0.3 is 13.9 Å². The molecule has 1 N–H and O–H groups in total. The van der Waals surface area contributed by atoms with E-state index in [1.54, 1.807) is 6.92 Å². The van der Waals surface area contributed by atoms with Crippen molar-refractivity contribution in [2.45, 2.75) is 108 Å². The smallest absolute Gasteiger partial charge is 0.330 e. The number of hydrogen-bond donors (Lipinski definition) is 1. The Bertz CT molecular complexity index is 1440. The summed E-state index contributed by atoms with van der Waals surface area (Å²) < 4.78 is 52.6. The molecule has 12 heteroatoms. The van der Waals surface area contributed by atoms with E-state index in [1.807, 2.05) is 37.3 Å². The third kappa shape index (κ3) is 5.79. The molecule has 2 aliphatic rings. The second kappa shape index (κ2) is 10.6. The molecule has 2 heterocycles.